The second kappa shape index (κ2) is 6.64. The monoisotopic (exact) mass is 327 g/mol. The average Bonchev–Trinajstić information content (AvgIpc) is 3.00. The lowest BCUT2D eigenvalue weighted by molar-refractivity contribution is -0.128. The normalized spacial score (nSPS) is 10.5. The zero-order valence-corrected chi connectivity index (χ0v) is 12.9. The molecule has 0 unspecified atom stereocenters. The molecular weight excluding hydrogens is 314 g/mol. The van der Waals surface area contributed by atoms with Crippen molar-refractivity contribution in [2.45, 2.75) is 6.42 Å². The van der Waals surface area contributed by atoms with E-state index in [9.17, 15) is 4.79 Å². The van der Waals surface area contributed by atoms with Crippen LogP contribution in [-0.2, 0) is 11.2 Å². The second-order valence-electron chi connectivity index (χ2n) is 5.00. The standard InChI is InChI=1S/C17H14ClN3O2/c18-14-8-6-12(7-9-14)17-13(10-16(22)20-23)11-21(19-17)15-4-2-1-3-5-15/h1-9,11,23H,10H2,(H,20,22). The molecule has 1 amide bonds. The first-order valence-electron chi connectivity index (χ1n) is 7.00. The summed E-state index contributed by atoms with van der Waals surface area (Å²) in [6.07, 6.45) is 1.82. The van der Waals surface area contributed by atoms with Gasteiger partial charge in [-0.1, -0.05) is 41.9 Å². The van der Waals surface area contributed by atoms with E-state index in [4.69, 9.17) is 16.8 Å². The van der Waals surface area contributed by atoms with Gasteiger partial charge in [-0.05, 0) is 24.3 Å². The van der Waals surface area contributed by atoms with Crippen LogP contribution in [0.5, 0.6) is 0 Å². The van der Waals surface area contributed by atoms with Gasteiger partial charge in [-0.2, -0.15) is 5.10 Å². The molecule has 0 saturated heterocycles. The molecule has 0 fully saturated rings. The number of aromatic nitrogens is 2. The van der Waals surface area contributed by atoms with Crippen LogP contribution in [0.2, 0.25) is 5.02 Å². The van der Waals surface area contributed by atoms with Gasteiger partial charge in [-0.25, -0.2) is 10.2 Å². The predicted molar refractivity (Wildman–Crippen MR) is 87.6 cm³/mol. The lowest BCUT2D eigenvalue weighted by atomic mass is 10.1. The quantitative estimate of drug-likeness (QED) is 0.571. The van der Waals surface area contributed by atoms with Gasteiger partial charge in [-0.3, -0.25) is 10.0 Å². The van der Waals surface area contributed by atoms with Gasteiger partial charge in [0.2, 0.25) is 5.91 Å². The number of amides is 1. The van der Waals surface area contributed by atoms with E-state index in [2.05, 4.69) is 5.10 Å². The molecule has 0 radical (unpaired) electrons. The SMILES string of the molecule is O=C(Cc1cn(-c2ccccc2)nc1-c1ccc(Cl)cc1)NO. The third-order valence-corrected chi connectivity index (χ3v) is 3.66. The number of nitrogens with one attached hydrogen (secondary N) is 1. The smallest absolute Gasteiger partial charge is 0.247 e. The summed E-state index contributed by atoms with van der Waals surface area (Å²) in [6.45, 7) is 0. The van der Waals surface area contributed by atoms with Crippen LogP contribution in [0.4, 0.5) is 0 Å². The minimum atomic E-state index is -0.493. The maximum Gasteiger partial charge on any atom is 0.247 e. The maximum atomic E-state index is 11.5. The molecule has 1 aromatic heterocycles. The Morgan fingerprint density at radius 2 is 1.83 bits per heavy atom. The highest BCUT2D eigenvalue weighted by Gasteiger charge is 2.15. The van der Waals surface area contributed by atoms with E-state index in [1.165, 1.54) is 0 Å². The molecule has 0 aliphatic rings. The summed E-state index contributed by atoms with van der Waals surface area (Å²) >= 11 is 5.92. The average molecular weight is 328 g/mol. The van der Waals surface area contributed by atoms with Crippen LogP contribution < -0.4 is 5.48 Å². The number of halogens is 1. The van der Waals surface area contributed by atoms with Crippen LogP contribution in [0.25, 0.3) is 16.9 Å². The van der Waals surface area contributed by atoms with Crippen molar-refractivity contribution < 1.29 is 10.0 Å². The number of carbonyl (C=O) groups excluding carboxylic acids is 1. The highest BCUT2D eigenvalue weighted by Crippen LogP contribution is 2.25. The van der Waals surface area contributed by atoms with Gasteiger partial charge in [0.15, 0.2) is 0 Å². The predicted octanol–water partition coefficient (Wildman–Crippen LogP) is 3.24. The van der Waals surface area contributed by atoms with E-state index >= 15 is 0 Å². The Labute approximate surface area is 138 Å². The molecule has 0 spiro atoms. The van der Waals surface area contributed by atoms with Crippen LogP contribution in [0.15, 0.2) is 60.8 Å². The van der Waals surface area contributed by atoms with Gasteiger partial charge in [0.1, 0.15) is 0 Å². The van der Waals surface area contributed by atoms with E-state index in [-0.39, 0.29) is 6.42 Å². The molecule has 1 heterocycles. The van der Waals surface area contributed by atoms with Crippen molar-refractivity contribution in [3.63, 3.8) is 0 Å². The molecule has 116 valence electrons. The third-order valence-electron chi connectivity index (χ3n) is 3.40. The summed E-state index contributed by atoms with van der Waals surface area (Å²) in [5, 5.41) is 14.0. The number of hydroxylamine groups is 1. The molecule has 5 nitrogen and oxygen atoms in total. The Bertz CT molecular complexity index is 814. The summed E-state index contributed by atoms with van der Waals surface area (Å²) in [6, 6.07) is 16.8. The topological polar surface area (TPSA) is 67.2 Å². The molecule has 0 bridgehead atoms. The summed E-state index contributed by atoms with van der Waals surface area (Å²) in [5.74, 6) is -0.493. The molecule has 0 saturated carbocycles. The van der Waals surface area contributed by atoms with E-state index in [0.29, 0.717) is 16.3 Å². The Kier molecular flexibility index (Phi) is 4.41. The minimum Gasteiger partial charge on any atom is -0.289 e. The molecule has 0 atom stereocenters. The fourth-order valence-corrected chi connectivity index (χ4v) is 2.44. The van der Waals surface area contributed by atoms with Crippen molar-refractivity contribution in [3.05, 3.63) is 71.4 Å². The van der Waals surface area contributed by atoms with Crippen molar-refractivity contribution in [1.82, 2.24) is 15.3 Å². The fraction of sp³-hybridized carbons (Fsp3) is 0.0588. The van der Waals surface area contributed by atoms with Crippen molar-refractivity contribution in [2.24, 2.45) is 0 Å². The van der Waals surface area contributed by atoms with Crippen molar-refractivity contribution in [3.8, 4) is 16.9 Å². The van der Waals surface area contributed by atoms with E-state index in [1.807, 2.05) is 42.5 Å². The van der Waals surface area contributed by atoms with E-state index in [0.717, 1.165) is 11.3 Å². The zero-order valence-electron chi connectivity index (χ0n) is 12.1. The minimum absolute atomic E-state index is 0.0291. The molecule has 3 aromatic rings. The molecular formula is C17H14ClN3O2. The van der Waals surface area contributed by atoms with Gasteiger partial charge >= 0.3 is 0 Å². The van der Waals surface area contributed by atoms with Crippen molar-refractivity contribution in [2.75, 3.05) is 0 Å². The lowest BCUT2D eigenvalue weighted by Crippen LogP contribution is -2.20. The Morgan fingerprint density at radius 1 is 1.13 bits per heavy atom. The maximum absolute atomic E-state index is 11.5. The molecule has 0 aliphatic heterocycles. The first-order chi connectivity index (χ1) is 11.2. The Hall–Kier alpha value is -2.63. The van der Waals surface area contributed by atoms with Gasteiger partial charge in [0.05, 0.1) is 17.8 Å². The first kappa shape index (κ1) is 15.3. The number of benzene rings is 2. The first-order valence-corrected chi connectivity index (χ1v) is 7.38. The van der Waals surface area contributed by atoms with E-state index < -0.39 is 5.91 Å². The summed E-state index contributed by atoms with van der Waals surface area (Å²) < 4.78 is 1.71. The van der Waals surface area contributed by atoms with Crippen molar-refractivity contribution >= 4 is 17.5 Å². The summed E-state index contributed by atoms with van der Waals surface area (Å²) in [4.78, 5) is 11.5. The number of carbonyl (C=O) groups is 1. The number of hydrogen-bond acceptors (Lipinski definition) is 3. The number of rotatable bonds is 4. The largest absolute Gasteiger partial charge is 0.289 e. The Morgan fingerprint density at radius 3 is 2.48 bits per heavy atom. The van der Waals surface area contributed by atoms with Crippen LogP contribution >= 0.6 is 11.6 Å². The third kappa shape index (κ3) is 3.41. The van der Waals surface area contributed by atoms with Gasteiger partial charge in [0, 0.05) is 22.3 Å². The zero-order chi connectivity index (χ0) is 16.2. The molecule has 2 aromatic carbocycles. The molecule has 3 rings (SSSR count). The van der Waals surface area contributed by atoms with Gasteiger partial charge in [-0.15, -0.1) is 0 Å². The van der Waals surface area contributed by atoms with Gasteiger partial charge in [0.25, 0.3) is 0 Å². The summed E-state index contributed by atoms with van der Waals surface area (Å²) in [5.41, 5.74) is 4.78. The highest BCUT2D eigenvalue weighted by atomic mass is 35.5. The van der Waals surface area contributed by atoms with Crippen LogP contribution in [0.3, 0.4) is 0 Å². The Balaban J connectivity index is 2.06. The highest BCUT2D eigenvalue weighted by molar-refractivity contribution is 6.30. The molecule has 6 heteroatoms. The number of para-hydroxylation sites is 1. The molecule has 23 heavy (non-hydrogen) atoms. The fourth-order valence-electron chi connectivity index (χ4n) is 2.32. The van der Waals surface area contributed by atoms with Crippen LogP contribution in [0, 0.1) is 0 Å². The summed E-state index contributed by atoms with van der Waals surface area (Å²) in [7, 11) is 0. The van der Waals surface area contributed by atoms with Gasteiger partial charge < -0.3 is 0 Å². The van der Waals surface area contributed by atoms with Crippen LogP contribution in [-0.4, -0.2) is 20.9 Å². The number of hydrogen-bond donors (Lipinski definition) is 2. The molecule has 2 N–H and O–H groups in total. The van der Waals surface area contributed by atoms with E-state index in [1.54, 1.807) is 28.5 Å². The van der Waals surface area contributed by atoms with Crippen LogP contribution in [0.1, 0.15) is 5.56 Å². The number of nitrogens with zero attached hydrogens (tertiary/aromatic N) is 2. The van der Waals surface area contributed by atoms with Crippen molar-refractivity contribution in [1.29, 1.82) is 0 Å². The molecule has 0 aliphatic carbocycles. The lowest BCUT2D eigenvalue weighted by Gasteiger charge is -2.02. The second-order valence-corrected chi connectivity index (χ2v) is 5.44.